The molecule has 1 aliphatic heterocycles. The Morgan fingerprint density at radius 3 is 2.94 bits per heavy atom. The number of pyridine rings is 1. The Balaban J connectivity index is 2.08. The van der Waals surface area contributed by atoms with Gasteiger partial charge >= 0.3 is 5.82 Å². The number of aromatic nitrogens is 1. The molecule has 2 rings (SSSR count). The van der Waals surface area contributed by atoms with Gasteiger partial charge in [-0.15, -0.1) is 0 Å². The summed E-state index contributed by atoms with van der Waals surface area (Å²) in [5.74, 6) is 0.532. The van der Waals surface area contributed by atoms with Gasteiger partial charge in [0.25, 0.3) is 0 Å². The number of anilines is 1. The standard InChI is InChI=1S/C12H18N4O2/c1-15(9-10-4-7-13-8-5-10)11-3-2-6-14-12(11)16(17)18/h2-3,6,10,13H,4-5,7-9H2,1H3. The number of nitrogens with one attached hydrogen (secondary N) is 1. The van der Waals surface area contributed by atoms with E-state index in [4.69, 9.17) is 0 Å². The van der Waals surface area contributed by atoms with Crippen molar-refractivity contribution >= 4 is 11.5 Å². The molecule has 0 radical (unpaired) electrons. The first-order chi connectivity index (χ1) is 8.68. The highest BCUT2D eigenvalue weighted by atomic mass is 16.6. The molecule has 0 aromatic carbocycles. The molecule has 0 aliphatic carbocycles. The molecular formula is C12H18N4O2. The molecule has 0 spiro atoms. The molecule has 6 nitrogen and oxygen atoms in total. The van der Waals surface area contributed by atoms with Crippen LogP contribution in [0.15, 0.2) is 18.3 Å². The lowest BCUT2D eigenvalue weighted by Gasteiger charge is -2.28. The van der Waals surface area contributed by atoms with Crippen molar-refractivity contribution in [3.05, 3.63) is 28.4 Å². The van der Waals surface area contributed by atoms with Crippen LogP contribution in [0, 0.1) is 16.0 Å². The van der Waals surface area contributed by atoms with Crippen molar-refractivity contribution in [1.82, 2.24) is 10.3 Å². The van der Waals surface area contributed by atoms with Crippen LogP contribution in [0.3, 0.4) is 0 Å². The molecule has 18 heavy (non-hydrogen) atoms. The van der Waals surface area contributed by atoms with Gasteiger partial charge in [0.15, 0.2) is 0 Å². The number of nitrogens with zero attached hydrogens (tertiary/aromatic N) is 3. The molecule has 0 saturated carbocycles. The van der Waals surface area contributed by atoms with Gasteiger partial charge in [-0.1, -0.05) is 0 Å². The molecule has 1 saturated heterocycles. The molecule has 6 heteroatoms. The van der Waals surface area contributed by atoms with Crippen LogP contribution in [0.1, 0.15) is 12.8 Å². The van der Waals surface area contributed by atoms with E-state index in [1.807, 2.05) is 11.9 Å². The molecule has 1 fully saturated rings. The fourth-order valence-electron chi connectivity index (χ4n) is 2.38. The molecule has 98 valence electrons. The van der Waals surface area contributed by atoms with E-state index < -0.39 is 4.92 Å². The van der Waals surface area contributed by atoms with Crippen LogP contribution in [0.5, 0.6) is 0 Å². The lowest BCUT2D eigenvalue weighted by molar-refractivity contribution is -0.388. The highest BCUT2D eigenvalue weighted by Gasteiger charge is 2.21. The Kier molecular flexibility index (Phi) is 4.09. The molecule has 1 aliphatic rings. The minimum Gasteiger partial charge on any atom is -0.367 e. The van der Waals surface area contributed by atoms with Crippen molar-refractivity contribution in [2.75, 3.05) is 31.6 Å². The van der Waals surface area contributed by atoms with Gasteiger partial charge in [-0.3, -0.25) is 0 Å². The summed E-state index contributed by atoms with van der Waals surface area (Å²) in [6, 6.07) is 3.49. The molecule has 0 amide bonds. The second-order valence-corrected chi connectivity index (χ2v) is 4.68. The van der Waals surface area contributed by atoms with E-state index in [0.29, 0.717) is 11.6 Å². The maximum Gasteiger partial charge on any atom is 0.387 e. The first kappa shape index (κ1) is 12.8. The van der Waals surface area contributed by atoms with Crippen LogP contribution in [0.2, 0.25) is 0 Å². The first-order valence-corrected chi connectivity index (χ1v) is 6.19. The zero-order valence-electron chi connectivity index (χ0n) is 10.5. The van der Waals surface area contributed by atoms with Crippen molar-refractivity contribution in [3.8, 4) is 0 Å². The number of piperidine rings is 1. The van der Waals surface area contributed by atoms with E-state index >= 15 is 0 Å². The minimum atomic E-state index is -0.422. The normalized spacial score (nSPS) is 16.5. The van der Waals surface area contributed by atoms with Gasteiger partial charge in [0.2, 0.25) is 0 Å². The fraction of sp³-hybridized carbons (Fsp3) is 0.583. The molecule has 0 atom stereocenters. The van der Waals surface area contributed by atoms with Crippen molar-refractivity contribution in [3.63, 3.8) is 0 Å². The van der Waals surface area contributed by atoms with Gasteiger partial charge < -0.3 is 20.3 Å². The Morgan fingerprint density at radius 2 is 2.28 bits per heavy atom. The lowest BCUT2D eigenvalue weighted by Crippen LogP contribution is -2.34. The summed E-state index contributed by atoms with van der Waals surface area (Å²) in [6.07, 6.45) is 3.71. The summed E-state index contributed by atoms with van der Waals surface area (Å²) < 4.78 is 0. The van der Waals surface area contributed by atoms with Crippen LogP contribution >= 0.6 is 0 Å². The lowest BCUT2D eigenvalue weighted by atomic mass is 9.97. The van der Waals surface area contributed by atoms with Crippen LogP contribution in [-0.2, 0) is 0 Å². The first-order valence-electron chi connectivity index (χ1n) is 6.19. The number of rotatable bonds is 4. The third kappa shape index (κ3) is 2.95. The summed E-state index contributed by atoms with van der Waals surface area (Å²) in [5, 5.41) is 14.2. The van der Waals surface area contributed by atoms with E-state index in [-0.39, 0.29) is 5.82 Å². The second kappa shape index (κ2) is 5.77. The maximum atomic E-state index is 10.9. The topological polar surface area (TPSA) is 71.3 Å². The average Bonchev–Trinajstić information content (AvgIpc) is 2.40. The number of hydrogen-bond acceptors (Lipinski definition) is 5. The monoisotopic (exact) mass is 250 g/mol. The third-order valence-corrected chi connectivity index (χ3v) is 3.34. The predicted molar refractivity (Wildman–Crippen MR) is 69.8 cm³/mol. The van der Waals surface area contributed by atoms with E-state index in [1.54, 1.807) is 12.1 Å². The molecule has 2 heterocycles. The summed E-state index contributed by atoms with van der Waals surface area (Å²) in [6.45, 7) is 2.91. The summed E-state index contributed by atoms with van der Waals surface area (Å²) in [5.41, 5.74) is 0.598. The van der Waals surface area contributed by atoms with E-state index in [0.717, 1.165) is 32.5 Å². The van der Waals surface area contributed by atoms with Crippen molar-refractivity contribution < 1.29 is 4.92 Å². The Morgan fingerprint density at radius 1 is 1.56 bits per heavy atom. The minimum absolute atomic E-state index is 0.0612. The van der Waals surface area contributed by atoms with Gasteiger partial charge in [0.1, 0.15) is 11.9 Å². The Labute approximate surface area is 106 Å². The molecule has 1 aromatic rings. The second-order valence-electron chi connectivity index (χ2n) is 4.68. The van der Waals surface area contributed by atoms with Crippen molar-refractivity contribution in [1.29, 1.82) is 0 Å². The highest BCUT2D eigenvalue weighted by molar-refractivity contribution is 5.58. The SMILES string of the molecule is CN(CC1CCNCC1)c1cccnc1[N+](=O)[O-]. The Bertz CT molecular complexity index is 418. The molecule has 1 aromatic heterocycles. The van der Waals surface area contributed by atoms with Crippen molar-refractivity contribution in [2.24, 2.45) is 5.92 Å². The van der Waals surface area contributed by atoms with Crippen LogP contribution in [-0.4, -0.2) is 36.6 Å². The molecular weight excluding hydrogens is 232 g/mol. The zero-order valence-corrected chi connectivity index (χ0v) is 10.5. The third-order valence-electron chi connectivity index (χ3n) is 3.34. The smallest absolute Gasteiger partial charge is 0.367 e. The highest BCUT2D eigenvalue weighted by Crippen LogP contribution is 2.25. The van der Waals surface area contributed by atoms with E-state index in [1.165, 1.54) is 6.20 Å². The van der Waals surface area contributed by atoms with E-state index in [2.05, 4.69) is 10.3 Å². The van der Waals surface area contributed by atoms with Gasteiger partial charge in [0.05, 0.1) is 0 Å². The molecule has 0 unspecified atom stereocenters. The van der Waals surface area contributed by atoms with Crippen LogP contribution < -0.4 is 10.2 Å². The fourth-order valence-corrected chi connectivity index (χ4v) is 2.38. The molecule has 0 bridgehead atoms. The van der Waals surface area contributed by atoms with Gasteiger partial charge in [-0.25, -0.2) is 0 Å². The maximum absolute atomic E-state index is 10.9. The predicted octanol–water partition coefficient (Wildman–Crippen LogP) is 1.43. The van der Waals surface area contributed by atoms with E-state index in [9.17, 15) is 10.1 Å². The van der Waals surface area contributed by atoms with Crippen molar-refractivity contribution in [2.45, 2.75) is 12.8 Å². The number of hydrogen-bond donors (Lipinski definition) is 1. The molecule has 1 N–H and O–H groups in total. The van der Waals surface area contributed by atoms with Gasteiger partial charge in [-0.2, -0.15) is 0 Å². The summed E-state index contributed by atoms with van der Waals surface area (Å²) in [7, 11) is 1.89. The van der Waals surface area contributed by atoms with Crippen LogP contribution in [0.25, 0.3) is 0 Å². The van der Waals surface area contributed by atoms with Crippen LogP contribution in [0.4, 0.5) is 11.5 Å². The number of nitro groups is 1. The summed E-state index contributed by atoms with van der Waals surface area (Å²) in [4.78, 5) is 16.3. The van der Waals surface area contributed by atoms with Gasteiger partial charge in [-0.05, 0) is 53.9 Å². The van der Waals surface area contributed by atoms with Gasteiger partial charge in [0, 0.05) is 13.6 Å². The Hall–Kier alpha value is -1.69. The quantitative estimate of drug-likeness (QED) is 0.646. The summed E-state index contributed by atoms with van der Waals surface area (Å²) >= 11 is 0. The average molecular weight is 250 g/mol. The zero-order chi connectivity index (χ0) is 13.0. The largest absolute Gasteiger partial charge is 0.387 e.